The molecule has 2 amide bonds. The lowest BCUT2D eigenvalue weighted by Gasteiger charge is -2.41. The minimum Gasteiger partial charge on any atom is -0.497 e. The fourth-order valence-corrected chi connectivity index (χ4v) is 5.80. The predicted octanol–water partition coefficient (Wildman–Crippen LogP) is 3.67. The van der Waals surface area contributed by atoms with Crippen LogP contribution < -0.4 is 35.2 Å². The molecule has 1 aromatic heterocycles. The molecule has 0 radical (unpaired) electrons. The van der Waals surface area contributed by atoms with E-state index in [1.807, 2.05) is 23.2 Å². The van der Waals surface area contributed by atoms with Crippen LogP contribution in [-0.2, 0) is 11.3 Å². The second-order valence-corrected chi connectivity index (χ2v) is 10.5. The molecule has 1 saturated heterocycles. The highest BCUT2D eigenvalue weighted by atomic mass is 16.5. The van der Waals surface area contributed by atoms with Crippen molar-refractivity contribution in [2.24, 2.45) is 0 Å². The number of fused-ring (bicyclic) bond motifs is 1. The normalized spacial score (nSPS) is 22.9. The molecule has 1 saturated carbocycles. The van der Waals surface area contributed by atoms with Gasteiger partial charge in [-0.2, -0.15) is 4.98 Å². The fraction of sp³-hybridized carbons (Fsp3) is 0.552. The van der Waals surface area contributed by atoms with E-state index >= 15 is 0 Å². The molecule has 11 heteroatoms. The Balaban J connectivity index is 1.42. The first kappa shape index (κ1) is 28.1. The first-order valence-electron chi connectivity index (χ1n) is 14.2. The molecular weight excluding hydrogens is 510 g/mol. The van der Waals surface area contributed by atoms with Crippen molar-refractivity contribution in [2.75, 3.05) is 55.8 Å². The number of methoxy groups -OCH3 is 2. The Kier molecular flexibility index (Phi) is 9.35. The molecule has 5 rings (SSSR count). The number of anilines is 3. The van der Waals surface area contributed by atoms with Gasteiger partial charge in [-0.3, -0.25) is 15.1 Å². The molecule has 0 spiro atoms. The van der Waals surface area contributed by atoms with Crippen LogP contribution in [0, 0.1) is 0 Å². The maximum absolute atomic E-state index is 14.1. The highest BCUT2D eigenvalue weighted by Crippen LogP contribution is 2.36. The molecule has 3 atom stereocenters. The summed E-state index contributed by atoms with van der Waals surface area (Å²) < 4.78 is 16.5. The van der Waals surface area contributed by atoms with Gasteiger partial charge in [0.05, 0.1) is 45.8 Å². The van der Waals surface area contributed by atoms with E-state index in [1.165, 1.54) is 6.42 Å². The summed E-state index contributed by atoms with van der Waals surface area (Å²) >= 11 is 0. The monoisotopic (exact) mass is 551 g/mol. The van der Waals surface area contributed by atoms with E-state index in [4.69, 9.17) is 24.2 Å². The number of hydrogen-bond acceptors (Lipinski definition) is 9. The molecule has 3 aliphatic rings. The van der Waals surface area contributed by atoms with E-state index in [9.17, 15) is 4.79 Å². The Hall–Kier alpha value is -3.41. The maximum Gasteiger partial charge on any atom is 0.330 e. The minimum atomic E-state index is -0.113. The van der Waals surface area contributed by atoms with Crippen LogP contribution in [0.15, 0.2) is 37.1 Å². The van der Waals surface area contributed by atoms with Crippen molar-refractivity contribution in [2.45, 2.75) is 63.2 Å². The summed E-state index contributed by atoms with van der Waals surface area (Å²) in [5.74, 6) is 2.47. The SMILES string of the molecule is C=CCOCNC1CCCCC1Nc1ncc2c(n1)N(C1CCCNC1)C(=O)N(c1cc(OC)cc(OC)c1)C2. The number of amides is 2. The van der Waals surface area contributed by atoms with Crippen LogP contribution in [0.25, 0.3) is 0 Å². The van der Waals surface area contributed by atoms with Crippen molar-refractivity contribution in [1.82, 2.24) is 20.6 Å². The van der Waals surface area contributed by atoms with Crippen molar-refractivity contribution >= 4 is 23.5 Å². The Morgan fingerprint density at radius 1 is 1.10 bits per heavy atom. The summed E-state index contributed by atoms with van der Waals surface area (Å²) in [6, 6.07) is 5.81. The molecule has 1 aromatic carbocycles. The van der Waals surface area contributed by atoms with Gasteiger partial charge in [-0.25, -0.2) is 9.78 Å². The molecule has 3 N–H and O–H groups in total. The molecule has 216 valence electrons. The topological polar surface area (TPSA) is 113 Å². The Labute approximate surface area is 236 Å². The van der Waals surface area contributed by atoms with Gasteiger partial charge in [0.2, 0.25) is 5.95 Å². The second kappa shape index (κ2) is 13.3. The van der Waals surface area contributed by atoms with E-state index in [0.717, 1.165) is 44.2 Å². The molecule has 1 aliphatic carbocycles. The number of rotatable bonds is 11. The van der Waals surface area contributed by atoms with Crippen LogP contribution in [0.1, 0.15) is 44.1 Å². The van der Waals surface area contributed by atoms with Gasteiger partial charge in [-0.05, 0) is 32.2 Å². The minimum absolute atomic E-state index is 0.0100. The van der Waals surface area contributed by atoms with Gasteiger partial charge in [-0.1, -0.05) is 18.9 Å². The number of benzene rings is 1. The van der Waals surface area contributed by atoms with E-state index in [0.29, 0.717) is 55.4 Å². The van der Waals surface area contributed by atoms with Crippen molar-refractivity contribution in [3.63, 3.8) is 0 Å². The summed E-state index contributed by atoms with van der Waals surface area (Å²) in [5.41, 5.74) is 1.60. The van der Waals surface area contributed by atoms with E-state index in [2.05, 4.69) is 22.5 Å². The van der Waals surface area contributed by atoms with Crippen LogP contribution >= 0.6 is 0 Å². The average molecular weight is 552 g/mol. The third-order valence-electron chi connectivity index (χ3n) is 7.88. The number of aromatic nitrogens is 2. The Bertz CT molecular complexity index is 1150. The molecule has 2 aliphatic heterocycles. The average Bonchev–Trinajstić information content (AvgIpc) is 3.00. The summed E-state index contributed by atoms with van der Waals surface area (Å²) in [7, 11) is 3.21. The predicted molar refractivity (Wildman–Crippen MR) is 155 cm³/mol. The zero-order chi connectivity index (χ0) is 27.9. The molecule has 40 heavy (non-hydrogen) atoms. The van der Waals surface area contributed by atoms with Gasteiger partial charge in [0.1, 0.15) is 17.3 Å². The van der Waals surface area contributed by atoms with Gasteiger partial charge in [0.25, 0.3) is 0 Å². The first-order valence-corrected chi connectivity index (χ1v) is 14.2. The summed E-state index contributed by atoms with van der Waals surface area (Å²) in [4.78, 5) is 27.4. The molecule has 11 nitrogen and oxygen atoms in total. The second-order valence-electron chi connectivity index (χ2n) is 10.5. The Morgan fingerprint density at radius 3 is 2.58 bits per heavy atom. The van der Waals surface area contributed by atoms with E-state index in [-0.39, 0.29) is 24.2 Å². The molecule has 3 unspecified atom stereocenters. The van der Waals surface area contributed by atoms with Crippen LogP contribution in [0.5, 0.6) is 11.5 Å². The van der Waals surface area contributed by atoms with Crippen LogP contribution in [0.2, 0.25) is 0 Å². The number of ether oxygens (including phenoxy) is 3. The first-order chi connectivity index (χ1) is 19.6. The van der Waals surface area contributed by atoms with Gasteiger partial charge in [-0.15, -0.1) is 6.58 Å². The molecule has 3 heterocycles. The van der Waals surface area contributed by atoms with Gasteiger partial charge >= 0.3 is 6.03 Å². The number of carbonyl (C=O) groups excluding carboxylic acids is 1. The zero-order valence-corrected chi connectivity index (χ0v) is 23.5. The number of hydrogen-bond donors (Lipinski definition) is 3. The number of nitrogens with zero attached hydrogens (tertiary/aromatic N) is 4. The molecule has 2 aromatic rings. The molecule has 2 fully saturated rings. The summed E-state index contributed by atoms with van der Waals surface area (Å²) in [5, 5.41) is 10.5. The number of carbonyl (C=O) groups is 1. The number of nitrogens with one attached hydrogen (secondary N) is 3. The van der Waals surface area contributed by atoms with Crippen LogP contribution in [0.3, 0.4) is 0 Å². The third kappa shape index (κ3) is 6.32. The smallest absolute Gasteiger partial charge is 0.330 e. The van der Waals surface area contributed by atoms with E-state index in [1.54, 1.807) is 31.3 Å². The fourth-order valence-electron chi connectivity index (χ4n) is 5.80. The zero-order valence-electron chi connectivity index (χ0n) is 23.5. The van der Waals surface area contributed by atoms with Crippen molar-refractivity contribution in [3.8, 4) is 11.5 Å². The largest absolute Gasteiger partial charge is 0.497 e. The standard InChI is InChI=1S/C29H41N7O4/c1-4-12-40-19-32-25-9-5-6-10-26(25)33-28-31-16-20-18-35(22-13-23(38-2)15-24(14-22)39-3)29(37)36(27(20)34-28)21-8-7-11-30-17-21/h4,13-16,21,25-26,30,32H,1,5-12,17-19H2,2-3H3,(H,31,33,34). The third-order valence-corrected chi connectivity index (χ3v) is 7.88. The quantitative estimate of drug-likeness (QED) is 0.219. The lowest BCUT2D eigenvalue weighted by atomic mass is 9.90. The maximum atomic E-state index is 14.1. The van der Waals surface area contributed by atoms with Gasteiger partial charge in [0.15, 0.2) is 0 Å². The molecular formula is C29H41N7O4. The van der Waals surface area contributed by atoms with Crippen LogP contribution in [0.4, 0.5) is 22.2 Å². The number of urea groups is 1. The van der Waals surface area contributed by atoms with Gasteiger partial charge in [0, 0.05) is 48.6 Å². The molecule has 0 bridgehead atoms. The van der Waals surface area contributed by atoms with Crippen molar-refractivity contribution < 1.29 is 19.0 Å². The summed E-state index contributed by atoms with van der Waals surface area (Å²) in [6.45, 7) is 6.72. The highest BCUT2D eigenvalue weighted by Gasteiger charge is 2.38. The van der Waals surface area contributed by atoms with Crippen molar-refractivity contribution in [3.05, 3.63) is 42.6 Å². The van der Waals surface area contributed by atoms with E-state index < -0.39 is 0 Å². The summed E-state index contributed by atoms with van der Waals surface area (Å²) in [6.07, 6.45) is 9.88. The highest BCUT2D eigenvalue weighted by molar-refractivity contribution is 6.06. The lowest BCUT2D eigenvalue weighted by Crippen LogP contribution is -2.56. The van der Waals surface area contributed by atoms with Crippen LogP contribution in [-0.4, -0.2) is 74.8 Å². The Morgan fingerprint density at radius 2 is 1.88 bits per heavy atom. The van der Waals surface area contributed by atoms with Gasteiger partial charge < -0.3 is 24.8 Å². The lowest BCUT2D eigenvalue weighted by molar-refractivity contribution is 0.123. The van der Waals surface area contributed by atoms with Crippen molar-refractivity contribution in [1.29, 1.82) is 0 Å². The number of piperidine rings is 1.